The van der Waals surface area contributed by atoms with Crippen LogP contribution in [-0.4, -0.2) is 5.11 Å². The van der Waals surface area contributed by atoms with Crippen LogP contribution in [0.4, 0.5) is 0 Å². The zero-order valence-corrected chi connectivity index (χ0v) is 9.72. The third-order valence-corrected chi connectivity index (χ3v) is 2.50. The second-order valence-corrected chi connectivity index (χ2v) is 3.79. The molecule has 0 bridgehead atoms. The first-order valence-electron chi connectivity index (χ1n) is 5.54. The van der Waals surface area contributed by atoms with E-state index in [0.717, 1.165) is 16.7 Å². The first kappa shape index (κ1) is 11.9. The molecular formula is C16H11NO. The van der Waals surface area contributed by atoms with Crippen LogP contribution >= 0.6 is 0 Å². The number of hydrogen-bond donors (Lipinski definition) is 1. The molecule has 2 nitrogen and oxygen atoms in total. The van der Waals surface area contributed by atoms with E-state index in [0.29, 0.717) is 5.56 Å². The lowest BCUT2D eigenvalue weighted by atomic mass is 10.1. The molecule has 0 aliphatic rings. The number of aliphatic hydroxyl groups excluding tert-OH is 1. The molecule has 18 heavy (non-hydrogen) atoms. The molecule has 0 heterocycles. The van der Waals surface area contributed by atoms with Crippen molar-refractivity contribution < 1.29 is 5.11 Å². The minimum absolute atomic E-state index is 0.0450. The molecule has 2 aromatic carbocycles. The first-order chi connectivity index (χ1) is 8.81. The van der Waals surface area contributed by atoms with Gasteiger partial charge in [-0.1, -0.05) is 24.0 Å². The number of nitrogens with zero attached hydrogens (tertiary/aromatic N) is 1. The maximum Gasteiger partial charge on any atom is 0.0991 e. The van der Waals surface area contributed by atoms with E-state index in [9.17, 15) is 0 Å². The smallest absolute Gasteiger partial charge is 0.0991 e. The van der Waals surface area contributed by atoms with Gasteiger partial charge in [0.1, 0.15) is 0 Å². The van der Waals surface area contributed by atoms with Gasteiger partial charge in [-0.2, -0.15) is 5.26 Å². The van der Waals surface area contributed by atoms with Crippen molar-refractivity contribution in [2.24, 2.45) is 0 Å². The number of nitriles is 1. The molecule has 0 radical (unpaired) electrons. The Labute approximate surface area is 106 Å². The van der Waals surface area contributed by atoms with Gasteiger partial charge < -0.3 is 5.11 Å². The predicted molar refractivity (Wildman–Crippen MR) is 69.5 cm³/mol. The van der Waals surface area contributed by atoms with Gasteiger partial charge >= 0.3 is 0 Å². The summed E-state index contributed by atoms with van der Waals surface area (Å²) in [6.07, 6.45) is 0. The average molecular weight is 233 g/mol. The highest BCUT2D eigenvalue weighted by Crippen LogP contribution is 2.05. The fraction of sp³-hybridized carbons (Fsp3) is 0.0625. The monoisotopic (exact) mass is 233 g/mol. The molecule has 0 atom stereocenters. The van der Waals surface area contributed by atoms with Crippen molar-refractivity contribution in [2.75, 3.05) is 0 Å². The first-order valence-corrected chi connectivity index (χ1v) is 5.54. The van der Waals surface area contributed by atoms with E-state index in [4.69, 9.17) is 10.4 Å². The summed E-state index contributed by atoms with van der Waals surface area (Å²) in [5.41, 5.74) is 3.28. The lowest BCUT2D eigenvalue weighted by molar-refractivity contribution is 0.282. The van der Waals surface area contributed by atoms with Crippen LogP contribution in [0.15, 0.2) is 48.5 Å². The van der Waals surface area contributed by atoms with Crippen molar-refractivity contribution >= 4 is 0 Å². The van der Waals surface area contributed by atoms with Gasteiger partial charge in [-0.3, -0.25) is 0 Å². The van der Waals surface area contributed by atoms with Crippen molar-refractivity contribution in [3.8, 4) is 17.9 Å². The van der Waals surface area contributed by atoms with E-state index in [1.807, 2.05) is 36.4 Å². The highest BCUT2D eigenvalue weighted by molar-refractivity contribution is 5.45. The Bertz CT molecular complexity index is 622. The third kappa shape index (κ3) is 2.98. The number of benzene rings is 2. The highest BCUT2D eigenvalue weighted by Gasteiger charge is 1.91. The van der Waals surface area contributed by atoms with Gasteiger partial charge in [0.05, 0.1) is 18.2 Å². The van der Waals surface area contributed by atoms with Crippen molar-refractivity contribution in [1.82, 2.24) is 0 Å². The fourth-order valence-corrected chi connectivity index (χ4v) is 1.47. The Balaban J connectivity index is 2.17. The van der Waals surface area contributed by atoms with Crippen LogP contribution in [0.3, 0.4) is 0 Å². The predicted octanol–water partition coefficient (Wildman–Crippen LogP) is 2.45. The van der Waals surface area contributed by atoms with Crippen molar-refractivity contribution in [1.29, 1.82) is 5.26 Å². The zero-order valence-electron chi connectivity index (χ0n) is 9.72. The van der Waals surface area contributed by atoms with Crippen molar-refractivity contribution in [3.63, 3.8) is 0 Å². The lowest BCUT2D eigenvalue weighted by Gasteiger charge is -1.95. The van der Waals surface area contributed by atoms with Gasteiger partial charge in [0.2, 0.25) is 0 Å². The minimum Gasteiger partial charge on any atom is -0.392 e. The quantitative estimate of drug-likeness (QED) is 0.769. The number of rotatable bonds is 1. The summed E-state index contributed by atoms with van der Waals surface area (Å²) in [5, 5.41) is 17.6. The molecule has 0 unspecified atom stereocenters. The molecule has 0 aliphatic heterocycles. The second kappa shape index (κ2) is 5.68. The Morgan fingerprint density at radius 1 is 0.778 bits per heavy atom. The third-order valence-electron chi connectivity index (χ3n) is 2.50. The molecule has 0 saturated heterocycles. The summed E-state index contributed by atoms with van der Waals surface area (Å²) in [4.78, 5) is 0. The van der Waals surface area contributed by atoms with Crippen LogP contribution in [0, 0.1) is 23.2 Å². The maximum atomic E-state index is 8.92. The minimum atomic E-state index is 0.0450. The molecule has 1 N–H and O–H groups in total. The molecule has 0 spiro atoms. The van der Waals surface area contributed by atoms with E-state index in [1.54, 1.807) is 12.1 Å². The molecule has 0 saturated carbocycles. The molecule has 86 valence electrons. The Kier molecular flexibility index (Phi) is 3.76. The Hall–Kier alpha value is -2.55. The van der Waals surface area contributed by atoms with Gasteiger partial charge in [0.25, 0.3) is 0 Å². The average Bonchev–Trinajstić information content (AvgIpc) is 2.46. The lowest BCUT2D eigenvalue weighted by Crippen LogP contribution is -1.82. The maximum absolute atomic E-state index is 8.92. The molecule has 0 fully saturated rings. The molecule has 0 aromatic heterocycles. The van der Waals surface area contributed by atoms with Gasteiger partial charge in [-0.15, -0.1) is 0 Å². The van der Waals surface area contributed by atoms with Crippen LogP contribution in [0.5, 0.6) is 0 Å². The second-order valence-electron chi connectivity index (χ2n) is 3.79. The molecule has 2 heteroatoms. The molecule has 2 aromatic rings. The summed E-state index contributed by atoms with van der Waals surface area (Å²) in [6, 6.07) is 16.7. The number of aliphatic hydroxyl groups is 1. The van der Waals surface area contributed by atoms with E-state index in [1.165, 1.54) is 0 Å². The van der Waals surface area contributed by atoms with E-state index < -0.39 is 0 Å². The molecular weight excluding hydrogens is 222 g/mol. The SMILES string of the molecule is N#Cc1ccc(C#Cc2ccc(CO)cc2)cc1. The summed E-state index contributed by atoms with van der Waals surface area (Å²) in [5.74, 6) is 6.06. The van der Waals surface area contributed by atoms with Gasteiger partial charge in [0, 0.05) is 11.1 Å². The van der Waals surface area contributed by atoms with Crippen LogP contribution in [-0.2, 0) is 6.61 Å². The number of hydrogen-bond acceptors (Lipinski definition) is 2. The largest absolute Gasteiger partial charge is 0.392 e. The molecule has 2 rings (SSSR count). The van der Waals surface area contributed by atoms with Crippen LogP contribution < -0.4 is 0 Å². The fourth-order valence-electron chi connectivity index (χ4n) is 1.47. The van der Waals surface area contributed by atoms with Gasteiger partial charge in [-0.05, 0) is 42.0 Å². The van der Waals surface area contributed by atoms with Crippen LogP contribution in [0.1, 0.15) is 22.3 Å². The topological polar surface area (TPSA) is 44.0 Å². The van der Waals surface area contributed by atoms with Gasteiger partial charge in [-0.25, -0.2) is 0 Å². The summed E-state index contributed by atoms with van der Waals surface area (Å²) in [6.45, 7) is 0.0450. The highest BCUT2D eigenvalue weighted by atomic mass is 16.3. The van der Waals surface area contributed by atoms with Gasteiger partial charge in [0.15, 0.2) is 0 Å². The summed E-state index contributed by atoms with van der Waals surface area (Å²) < 4.78 is 0. The summed E-state index contributed by atoms with van der Waals surface area (Å²) >= 11 is 0. The molecule has 0 aliphatic carbocycles. The van der Waals surface area contributed by atoms with Crippen molar-refractivity contribution in [3.05, 3.63) is 70.8 Å². The van der Waals surface area contributed by atoms with Crippen LogP contribution in [0.2, 0.25) is 0 Å². The molecule has 0 amide bonds. The zero-order chi connectivity index (χ0) is 12.8. The Morgan fingerprint density at radius 3 is 1.67 bits per heavy atom. The standard InChI is InChI=1S/C16H11NO/c17-11-15-7-3-13(4-8-15)1-2-14-5-9-16(12-18)10-6-14/h3-10,18H,12H2. The van der Waals surface area contributed by atoms with E-state index in [2.05, 4.69) is 17.9 Å². The van der Waals surface area contributed by atoms with Crippen LogP contribution in [0.25, 0.3) is 0 Å². The van der Waals surface area contributed by atoms with E-state index in [-0.39, 0.29) is 6.61 Å². The Morgan fingerprint density at radius 2 is 1.22 bits per heavy atom. The van der Waals surface area contributed by atoms with Crippen molar-refractivity contribution in [2.45, 2.75) is 6.61 Å². The van der Waals surface area contributed by atoms with E-state index >= 15 is 0 Å². The summed E-state index contributed by atoms with van der Waals surface area (Å²) in [7, 11) is 0. The normalized spacial score (nSPS) is 9.11.